The largest absolute Gasteiger partial charge is 0.490 e. The van der Waals surface area contributed by atoms with Gasteiger partial charge in [0.15, 0.2) is 17.5 Å². The summed E-state index contributed by atoms with van der Waals surface area (Å²) in [7, 11) is 3.86. The molecule has 0 bridgehead atoms. The number of aliphatic imine (C=N–C) groups is 1. The first-order chi connectivity index (χ1) is 14.8. The van der Waals surface area contributed by atoms with Gasteiger partial charge in [-0.3, -0.25) is 4.99 Å². The number of anilines is 1. The second-order valence-electron chi connectivity index (χ2n) is 7.69. The second-order valence-corrected chi connectivity index (χ2v) is 7.69. The molecule has 0 radical (unpaired) electrons. The molecule has 9 heteroatoms. The molecule has 0 saturated carbocycles. The van der Waals surface area contributed by atoms with Crippen LogP contribution in [0.2, 0.25) is 0 Å². The molecular weight excluding hydrogens is 511 g/mol. The zero-order valence-corrected chi connectivity index (χ0v) is 21.1. The summed E-state index contributed by atoms with van der Waals surface area (Å²) in [4.78, 5) is 7.24. The molecule has 2 N–H and O–H groups in total. The van der Waals surface area contributed by atoms with Gasteiger partial charge in [0.1, 0.15) is 0 Å². The van der Waals surface area contributed by atoms with Gasteiger partial charge in [0.05, 0.1) is 33.0 Å². The van der Waals surface area contributed by atoms with E-state index < -0.39 is 0 Å². The minimum absolute atomic E-state index is 0. The van der Waals surface area contributed by atoms with Crippen molar-refractivity contribution in [1.29, 1.82) is 0 Å². The summed E-state index contributed by atoms with van der Waals surface area (Å²) in [6.07, 6.45) is 4.24. The standard InChI is InChI=1S/C22H36N4O4.HI/c1-26-10-3-6-19(26)17-24-22(23-9-4-11-28-15-14-27-2)25-18-7-8-20-21(16-18)30-13-5-12-29-20;/h7-8,16,19H,3-6,9-15,17H2,1-2H3,(H2,23,24,25);1H. The summed E-state index contributed by atoms with van der Waals surface area (Å²) >= 11 is 0. The monoisotopic (exact) mass is 548 g/mol. The molecule has 31 heavy (non-hydrogen) atoms. The van der Waals surface area contributed by atoms with E-state index in [0.29, 0.717) is 39.1 Å². The number of nitrogens with zero attached hydrogens (tertiary/aromatic N) is 2. The molecule has 3 rings (SSSR count). The van der Waals surface area contributed by atoms with E-state index in [1.807, 2.05) is 18.2 Å². The van der Waals surface area contributed by atoms with Gasteiger partial charge in [-0.25, -0.2) is 0 Å². The first-order valence-electron chi connectivity index (χ1n) is 11.0. The summed E-state index contributed by atoms with van der Waals surface area (Å²) in [5.74, 6) is 2.35. The smallest absolute Gasteiger partial charge is 0.195 e. The van der Waals surface area contributed by atoms with Gasteiger partial charge in [0.25, 0.3) is 0 Å². The van der Waals surface area contributed by atoms with E-state index in [1.54, 1.807) is 7.11 Å². The molecule has 1 unspecified atom stereocenters. The van der Waals surface area contributed by atoms with Gasteiger partial charge < -0.3 is 34.5 Å². The van der Waals surface area contributed by atoms with Crippen LogP contribution in [0.15, 0.2) is 23.2 Å². The number of guanidine groups is 1. The Labute approximate surface area is 203 Å². The fourth-order valence-electron chi connectivity index (χ4n) is 3.55. The molecule has 0 aliphatic carbocycles. The van der Waals surface area contributed by atoms with E-state index in [2.05, 4.69) is 22.6 Å². The Kier molecular flexibility index (Phi) is 12.3. The van der Waals surface area contributed by atoms with Gasteiger partial charge >= 0.3 is 0 Å². The van der Waals surface area contributed by atoms with Crippen LogP contribution in [-0.4, -0.2) is 83.7 Å². The van der Waals surface area contributed by atoms with Crippen molar-refractivity contribution in [3.05, 3.63) is 18.2 Å². The fraction of sp³-hybridized carbons (Fsp3) is 0.682. The van der Waals surface area contributed by atoms with Crippen LogP contribution in [0.4, 0.5) is 5.69 Å². The molecule has 176 valence electrons. The Morgan fingerprint density at radius 1 is 1.16 bits per heavy atom. The quantitative estimate of drug-likeness (QED) is 0.202. The highest BCUT2D eigenvalue weighted by atomic mass is 127. The summed E-state index contributed by atoms with van der Waals surface area (Å²) < 4.78 is 22.1. The highest BCUT2D eigenvalue weighted by Crippen LogP contribution is 2.32. The first-order valence-corrected chi connectivity index (χ1v) is 11.0. The van der Waals surface area contributed by atoms with Crippen molar-refractivity contribution in [2.75, 3.05) is 72.1 Å². The number of nitrogens with one attached hydrogen (secondary N) is 2. The normalized spacial score (nSPS) is 18.9. The molecule has 1 aromatic rings. The number of likely N-dealkylation sites (tertiary alicyclic amines) is 1. The zero-order chi connectivity index (χ0) is 21.0. The summed E-state index contributed by atoms with van der Waals surface area (Å²) in [6, 6.07) is 6.44. The highest BCUT2D eigenvalue weighted by molar-refractivity contribution is 14.0. The van der Waals surface area contributed by atoms with E-state index in [4.69, 9.17) is 23.9 Å². The van der Waals surface area contributed by atoms with Crippen LogP contribution in [0.5, 0.6) is 11.5 Å². The molecule has 0 spiro atoms. The Hall–Kier alpha value is -1.30. The fourth-order valence-corrected chi connectivity index (χ4v) is 3.55. The lowest BCUT2D eigenvalue weighted by Crippen LogP contribution is -2.34. The van der Waals surface area contributed by atoms with Crippen LogP contribution in [0.1, 0.15) is 25.7 Å². The van der Waals surface area contributed by atoms with Crippen molar-refractivity contribution in [2.24, 2.45) is 4.99 Å². The molecule has 8 nitrogen and oxygen atoms in total. The van der Waals surface area contributed by atoms with Crippen molar-refractivity contribution in [1.82, 2.24) is 10.2 Å². The van der Waals surface area contributed by atoms with E-state index in [-0.39, 0.29) is 24.0 Å². The van der Waals surface area contributed by atoms with Gasteiger partial charge in [-0.2, -0.15) is 0 Å². The van der Waals surface area contributed by atoms with Crippen LogP contribution in [0.25, 0.3) is 0 Å². The predicted molar refractivity (Wildman–Crippen MR) is 134 cm³/mol. The lowest BCUT2D eigenvalue weighted by Gasteiger charge is -2.19. The molecule has 1 fully saturated rings. The van der Waals surface area contributed by atoms with Crippen LogP contribution in [0, 0.1) is 0 Å². The maximum Gasteiger partial charge on any atom is 0.195 e. The van der Waals surface area contributed by atoms with Gasteiger partial charge in [0, 0.05) is 44.5 Å². The van der Waals surface area contributed by atoms with E-state index in [0.717, 1.165) is 55.6 Å². The number of likely N-dealkylation sites (N-methyl/N-ethyl adjacent to an activating group) is 1. The Morgan fingerprint density at radius 3 is 2.77 bits per heavy atom. The zero-order valence-electron chi connectivity index (χ0n) is 18.7. The number of halogens is 1. The predicted octanol–water partition coefficient (Wildman–Crippen LogP) is 2.97. The summed E-state index contributed by atoms with van der Waals surface area (Å²) in [5, 5.41) is 6.85. The Bertz CT molecular complexity index is 677. The third kappa shape index (κ3) is 8.99. The Balaban J connectivity index is 0.00000341. The van der Waals surface area contributed by atoms with Gasteiger partial charge in [-0.1, -0.05) is 0 Å². The second kappa shape index (κ2) is 14.7. The molecule has 1 aromatic carbocycles. The van der Waals surface area contributed by atoms with Crippen molar-refractivity contribution in [2.45, 2.75) is 31.7 Å². The number of hydrogen-bond donors (Lipinski definition) is 2. The topological polar surface area (TPSA) is 76.6 Å². The van der Waals surface area contributed by atoms with Crippen LogP contribution < -0.4 is 20.1 Å². The molecule has 2 heterocycles. The minimum Gasteiger partial charge on any atom is -0.490 e. The number of methoxy groups -OCH3 is 1. The van der Waals surface area contributed by atoms with Crippen LogP contribution in [-0.2, 0) is 9.47 Å². The number of ether oxygens (including phenoxy) is 4. The van der Waals surface area contributed by atoms with Crippen LogP contribution >= 0.6 is 24.0 Å². The molecule has 0 amide bonds. The van der Waals surface area contributed by atoms with E-state index >= 15 is 0 Å². The van der Waals surface area contributed by atoms with Gasteiger partial charge in [0.2, 0.25) is 0 Å². The van der Waals surface area contributed by atoms with Crippen molar-refractivity contribution in [3.63, 3.8) is 0 Å². The van der Waals surface area contributed by atoms with Gasteiger partial charge in [-0.15, -0.1) is 24.0 Å². The SMILES string of the molecule is COCCOCCCNC(=NCC1CCCN1C)Nc1ccc2c(c1)OCCCO2.I. The summed E-state index contributed by atoms with van der Waals surface area (Å²) in [6.45, 7) is 6.02. The lowest BCUT2D eigenvalue weighted by molar-refractivity contribution is 0.0699. The molecule has 2 aliphatic heterocycles. The molecule has 2 aliphatic rings. The number of benzene rings is 1. The number of fused-ring (bicyclic) bond motifs is 1. The number of rotatable bonds is 10. The minimum atomic E-state index is 0. The molecular formula is C22H37IN4O4. The van der Waals surface area contributed by atoms with Crippen molar-refractivity contribution in [3.8, 4) is 11.5 Å². The average molecular weight is 548 g/mol. The van der Waals surface area contributed by atoms with Gasteiger partial charge in [-0.05, 0) is 45.0 Å². The average Bonchev–Trinajstić information content (AvgIpc) is 3.02. The number of hydrogen-bond acceptors (Lipinski definition) is 6. The maximum atomic E-state index is 5.81. The lowest BCUT2D eigenvalue weighted by atomic mass is 10.2. The van der Waals surface area contributed by atoms with Crippen LogP contribution in [0.3, 0.4) is 0 Å². The summed E-state index contributed by atoms with van der Waals surface area (Å²) in [5.41, 5.74) is 0.932. The van der Waals surface area contributed by atoms with Crippen molar-refractivity contribution >= 4 is 35.6 Å². The first kappa shape index (κ1) is 26.0. The third-order valence-corrected chi connectivity index (χ3v) is 5.33. The van der Waals surface area contributed by atoms with E-state index in [9.17, 15) is 0 Å². The van der Waals surface area contributed by atoms with Crippen molar-refractivity contribution < 1.29 is 18.9 Å². The molecule has 1 atom stereocenters. The molecule has 1 saturated heterocycles. The van der Waals surface area contributed by atoms with E-state index in [1.165, 1.54) is 12.8 Å². The Morgan fingerprint density at radius 2 is 2.00 bits per heavy atom. The third-order valence-electron chi connectivity index (χ3n) is 5.33. The molecule has 0 aromatic heterocycles. The maximum absolute atomic E-state index is 5.81. The highest BCUT2D eigenvalue weighted by Gasteiger charge is 2.20.